The summed E-state index contributed by atoms with van der Waals surface area (Å²) in [6.07, 6.45) is 1.86. The number of carbonyl (C=O) groups is 1. The quantitative estimate of drug-likeness (QED) is 0.797. The van der Waals surface area contributed by atoms with E-state index in [1.54, 1.807) is 14.2 Å². The van der Waals surface area contributed by atoms with Crippen molar-refractivity contribution in [1.29, 1.82) is 0 Å². The number of carbonyl (C=O) groups excluding carboxylic acids is 1. The van der Waals surface area contributed by atoms with E-state index in [0.29, 0.717) is 6.54 Å². The third kappa shape index (κ3) is 5.04. The number of benzene rings is 2. The van der Waals surface area contributed by atoms with Gasteiger partial charge in [0.25, 0.3) is 0 Å². The Kier molecular flexibility index (Phi) is 6.93. The number of nitrogens with one attached hydrogen (secondary N) is 1. The van der Waals surface area contributed by atoms with Crippen LogP contribution in [0.3, 0.4) is 0 Å². The molecule has 5 heteroatoms. The minimum atomic E-state index is 0.129. The summed E-state index contributed by atoms with van der Waals surface area (Å²) in [4.78, 5) is 16.2. The van der Waals surface area contributed by atoms with Gasteiger partial charge in [-0.15, -0.1) is 0 Å². The van der Waals surface area contributed by atoms with Gasteiger partial charge in [0.15, 0.2) is 0 Å². The number of hydrogen-bond donors (Lipinski definition) is 1. The summed E-state index contributed by atoms with van der Waals surface area (Å²) in [6.45, 7) is 3.56. The second-order valence-corrected chi connectivity index (χ2v) is 7.56. The highest BCUT2D eigenvalue weighted by atomic mass is 16.5. The molecular formula is C23H31N2O3+. The van der Waals surface area contributed by atoms with E-state index in [9.17, 15) is 4.79 Å². The fourth-order valence-electron chi connectivity index (χ4n) is 3.99. The molecule has 1 N–H and O–H groups in total. The number of amides is 1. The second kappa shape index (κ2) is 9.60. The first-order valence-electron chi connectivity index (χ1n) is 9.94. The Labute approximate surface area is 167 Å². The summed E-state index contributed by atoms with van der Waals surface area (Å²) in [7, 11) is 5.30. The van der Waals surface area contributed by atoms with Gasteiger partial charge in [-0.3, -0.25) is 4.79 Å². The standard InChI is InChI=1S/C23H30N2O3/c1-24(16-18-7-5-4-6-8-18)23(26)19-11-13-25(14-12-19)17-20-15-21(27-2)9-10-22(20)28-3/h4-10,15,19H,11-14,16-17H2,1-3H3/p+1. The Balaban J connectivity index is 1.53. The molecule has 0 aromatic heterocycles. The maximum atomic E-state index is 12.8. The lowest BCUT2D eigenvalue weighted by molar-refractivity contribution is -0.919. The number of methoxy groups -OCH3 is 2. The van der Waals surface area contributed by atoms with Crippen LogP contribution in [0.2, 0.25) is 0 Å². The van der Waals surface area contributed by atoms with Gasteiger partial charge in [0.2, 0.25) is 5.91 Å². The van der Waals surface area contributed by atoms with Crippen molar-refractivity contribution in [2.24, 2.45) is 5.92 Å². The number of piperidine rings is 1. The number of quaternary nitrogens is 1. The first-order valence-corrected chi connectivity index (χ1v) is 9.94. The van der Waals surface area contributed by atoms with Crippen LogP contribution in [-0.2, 0) is 17.9 Å². The first-order chi connectivity index (χ1) is 13.6. The van der Waals surface area contributed by atoms with Crippen molar-refractivity contribution in [3.05, 3.63) is 59.7 Å². The number of hydrogen-bond acceptors (Lipinski definition) is 3. The average Bonchev–Trinajstić information content (AvgIpc) is 2.74. The zero-order valence-electron chi connectivity index (χ0n) is 17.1. The molecule has 3 rings (SSSR count). The van der Waals surface area contributed by atoms with E-state index >= 15 is 0 Å². The average molecular weight is 384 g/mol. The number of likely N-dealkylation sites (tertiary alicyclic amines) is 1. The van der Waals surface area contributed by atoms with Gasteiger partial charge in [-0.25, -0.2) is 0 Å². The van der Waals surface area contributed by atoms with Crippen LogP contribution in [0.15, 0.2) is 48.5 Å². The molecule has 1 fully saturated rings. The molecule has 5 nitrogen and oxygen atoms in total. The monoisotopic (exact) mass is 383 g/mol. The van der Waals surface area contributed by atoms with Crippen molar-refractivity contribution in [2.75, 3.05) is 34.4 Å². The van der Waals surface area contributed by atoms with E-state index in [1.165, 1.54) is 10.5 Å². The molecule has 0 unspecified atom stereocenters. The topological polar surface area (TPSA) is 43.2 Å². The van der Waals surface area contributed by atoms with Crippen molar-refractivity contribution in [3.63, 3.8) is 0 Å². The molecule has 0 saturated carbocycles. The highest BCUT2D eigenvalue weighted by molar-refractivity contribution is 5.78. The molecule has 2 aromatic rings. The van der Waals surface area contributed by atoms with Crippen molar-refractivity contribution < 1.29 is 19.2 Å². The lowest BCUT2D eigenvalue weighted by Crippen LogP contribution is -3.11. The molecule has 0 atom stereocenters. The SMILES string of the molecule is COc1ccc(OC)c(C[NH+]2CCC(C(=O)N(C)Cc3ccccc3)CC2)c1. The van der Waals surface area contributed by atoms with Gasteiger partial charge in [0, 0.05) is 32.4 Å². The summed E-state index contributed by atoms with van der Waals surface area (Å²) < 4.78 is 10.9. The minimum absolute atomic E-state index is 0.129. The van der Waals surface area contributed by atoms with Gasteiger partial charge in [0.1, 0.15) is 18.0 Å². The van der Waals surface area contributed by atoms with Crippen molar-refractivity contribution in [1.82, 2.24) is 4.90 Å². The lowest BCUT2D eigenvalue weighted by Gasteiger charge is -2.31. The molecule has 0 radical (unpaired) electrons. The summed E-state index contributed by atoms with van der Waals surface area (Å²) in [6, 6.07) is 16.1. The van der Waals surface area contributed by atoms with E-state index in [2.05, 4.69) is 18.2 Å². The summed E-state index contributed by atoms with van der Waals surface area (Å²) in [5.41, 5.74) is 2.33. The van der Waals surface area contributed by atoms with Crippen LogP contribution in [0.5, 0.6) is 11.5 Å². The summed E-state index contributed by atoms with van der Waals surface area (Å²) in [5.74, 6) is 2.14. The van der Waals surface area contributed by atoms with Crippen molar-refractivity contribution >= 4 is 5.91 Å². The smallest absolute Gasteiger partial charge is 0.226 e. The molecular weight excluding hydrogens is 352 g/mol. The number of ether oxygens (including phenoxy) is 2. The summed E-state index contributed by atoms with van der Waals surface area (Å²) >= 11 is 0. The van der Waals surface area contributed by atoms with E-state index < -0.39 is 0 Å². The minimum Gasteiger partial charge on any atom is -0.497 e. The Morgan fingerprint density at radius 1 is 1.07 bits per heavy atom. The van der Waals surface area contributed by atoms with Crippen LogP contribution in [0.4, 0.5) is 0 Å². The third-order valence-corrected chi connectivity index (χ3v) is 5.61. The van der Waals surface area contributed by atoms with Gasteiger partial charge in [0.05, 0.1) is 32.9 Å². The molecule has 28 heavy (non-hydrogen) atoms. The predicted octanol–water partition coefficient (Wildman–Crippen LogP) is 2.16. The van der Waals surface area contributed by atoms with E-state index in [1.807, 2.05) is 42.3 Å². The first kappa shape index (κ1) is 20.2. The van der Waals surface area contributed by atoms with Crippen LogP contribution in [-0.4, -0.2) is 45.2 Å². The van der Waals surface area contributed by atoms with Gasteiger partial charge in [-0.1, -0.05) is 30.3 Å². The molecule has 1 heterocycles. The van der Waals surface area contributed by atoms with Gasteiger partial charge in [-0.2, -0.15) is 0 Å². The van der Waals surface area contributed by atoms with Crippen LogP contribution < -0.4 is 14.4 Å². The summed E-state index contributed by atoms with van der Waals surface area (Å²) in [5, 5.41) is 0. The Morgan fingerprint density at radius 3 is 2.43 bits per heavy atom. The van der Waals surface area contributed by atoms with Crippen molar-refractivity contribution in [3.8, 4) is 11.5 Å². The molecule has 1 aliphatic rings. The highest BCUT2D eigenvalue weighted by Crippen LogP contribution is 2.23. The lowest BCUT2D eigenvalue weighted by atomic mass is 9.94. The normalized spacial score (nSPS) is 19.1. The molecule has 150 valence electrons. The largest absolute Gasteiger partial charge is 0.497 e. The fourth-order valence-corrected chi connectivity index (χ4v) is 3.99. The molecule has 2 aromatic carbocycles. The molecule has 0 aliphatic carbocycles. The van der Waals surface area contributed by atoms with E-state index in [-0.39, 0.29) is 11.8 Å². The van der Waals surface area contributed by atoms with E-state index in [4.69, 9.17) is 9.47 Å². The van der Waals surface area contributed by atoms with Crippen LogP contribution >= 0.6 is 0 Å². The van der Waals surface area contributed by atoms with Crippen LogP contribution in [0.25, 0.3) is 0 Å². The maximum absolute atomic E-state index is 12.8. The molecule has 1 amide bonds. The Bertz CT molecular complexity index is 771. The zero-order valence-corrected chi connectivity index (χ0v) is 17.1. The maximum Gasteiger partial charge on any atom is 0.226 e. The Morgan fingerprint density at radius 2 is 1.79 bits per heavy atom. The van der Waals surface area contributed by atoms with Gasteiger partial charge >= 0.3 is 0 Å². The predicted molar refractivity (Wildman–Crippen MR) is 110 cm³/mol. The van der Waals surface area contributed by atoms with E-state index in [0.717, 1.165) is 49.5 Å². The van der Waals surface area contributed by atoms with Crippen molar-refractivity contribution in [2.45, 2.75) is 25.9 Å². The number of rotatable bonds is 7. The third-order valence-electron chi connectivity index (χ3n) is 5.61. The zero-order chi connectivity index (χ0) is 19.9. The van der Waals surface area contributed by atoms with Gasteiger partial charge in [-0.05, 0) is 23.8 Å². The second-order valence-electron chi connectivity index (χ2n) is 7.56. The van der Waals surface area contributed by atoms with Crippen LogP contribution in [0.1, 0.15) is 24.0 Å². The van der Waals surface area contributed by atoms with Gasteiger partial charge < -0.3 is 19.3 Å². The molecule has 0 bridgehead atoms. The Hall–Kier alpha value is -2.53. The fraction of sp³-hybridized carbons (Fsp3) is 0.435. The highest BCUT2D eigenvalue weighted by Gasteiger charge is 2.29. The number of nitrogens with zero attached hydrogens (tertiary/aromatic N) is 1. The molecule has 1 aliphatic heterocycles. The van der Waals surface area contributed by atoms with Crippen LogP contribution in [0, 0.1) is 5.92 Å². The molecule has 1 saturated heterocycles. The molecule has 0 spiro atoms.